The van der Waals surface area contributed by atoms with E-state index in [-0.39, 0.29) is 31.1 Å². The quantitative estimate of drug-likeness (QED) is 0.0264. The second-order valence-corrected chi connectivity index (χ2v) is 15.6. The van der Waals surface area contributed by atoms with E-state index in [0.717, 1.165) is 135 Å². The van der Waals surface area contributed by atoms with Crippen molar-refractivity contribution in [2.75, 3.05) is 13.2 Å². The smallest absolute Gasteiger partial charge is 0.306 e. The van der Waals surface area contributed by atoms with Gasteiger partial charge in [-0.15, -0.1) is 0 Å². The van der Waals surface area contributed by atoms with E-state index in [1.54, 1.807) is 0 Å². The average molecular weight is 821 g/mol. The number of ether oxygens (including phenoxy) is 3. The summed E-state index contributed by atoms with van der Waals surface area (Å²) in [6.07, 6.45) is 60.3. The third-order valence-electron chi connectivity index (χ3n) is 9.86. The maximum atomic E-state index is 12.7. The van der Waals surface area contributed by atoms with Crippen molar-refractivity contribution in [1.29, 1.82) is 0 Å². The minimum atomic E-state index is -0.784. The molecular weight excluding hydrogens is 733 g/mol. The van der Waals surface area contributed by atoms with Gasteiger partial charge in [-0.25, -0.2) is 0 Å². The topological polar surface area (TPSA) is 78.9 Å². The first-order valence-electron chi connectivity index (χ1n) is 24.1. The normalized spacial score (nSPS) is 12.8. The minimum Gasteiger partial charge on any atom is -0.462 e. The fourth-order valence-corrected chi connectivity index (χ4v) is 6.27. The van der Waals surface area contributed by atoms with Crippen LogP contribution in [0, 0.1) is 0 Å². The van der Waals surface area contributed by atoms with Gasteiger partial charge in [0.15, 0.2) is 6.10 Å². The zero-order valence-electron chi connectivity index (χ0n) is 38.2. The number of carbonyl (C=O) groups excluding carboxylic acids is 3. The Balaban J connectivity index is 4.20. The van der Waals surface area contributed by atoms with E-state index in [1.807, 2.05) is 0 Å². The first-order valence-corrected chi connectivity index (χ1v) is 24.1. The van der Waals surface area contributed by atoms with Crippen LogP contribution in [0.4, 0.5) is 0 Å². The second-order valence-electron chi connectivity index (χ2n) is 15.6. The zero-order chi connectivity index (χ0) is 43.0. The van der Waals surface area contributed by atoms with Crippen LogP contribution in [0.25, 0.3) is 0 Å². The summed E-state index contributed by atoms with van der Waals surface area (Å²) in [7, 11) is 0. The maximum Gasteiger partial charge on any atom is 0.306 e. The van der Waals surface area contributed by atoms with Gasteiger partial charge in [-0.1, -0.05) is 189 Å². The number of hydrogen-bond acceptors (Lipinski definition) is 6. The van der Waals surface area contributed by atoms with Crippen LogP contribution >= 0.6 is 0 Å². The Labute approximate surface area is 363 Å². The molecular formula is C53H88O6. The minimum absolute atomic E-state index is 0.0875. The molecule has 0 heterocycles. The van der Waals surface area contributed by atoms with Gasteiger partial charge in [-0.2, -0.15) is 0 Å². The molecule has 59 heavy (non-hydrogen) atoms. The number of carbonyl (C=O) groups is 3. The number of rotatable bonds is 42. The number of allylic oxidation sites excluding steroid dienone is 14. The third-order valence-corrected chi connectivity index (χ3v) is 9.86. The molecule has 0 bridgehead atoms. The molecule has 0 aromatic rings. The van der Waals surface area contributed by atoms with Gasteiger partial charge in [0.05, 0.1) is 0 Å². The van der Waals surface area contributed by atoms with Crippen LogP contribution in [0.5, 0.6) is 0 Å². The highest BCUT2D eigenvalue weighted by Crippen LogP contribution is 2.13. The fraction of sp³-hybridized carbons (Fsp3) is 0.679. The van der Waals surface area contributed by atoms with E-state index >= 15 is 0 Å². The summed E-state index contributed by atoms with van der Waals surface area (Å²) in [4.78, 5) is 37.5. The van der Waals surface area contributed by atoms with Crippen molar-refractivity contribution in [2.45, 2.75) is 219 Å². The monoisotopic (exact) mass is 821 g/mol. The van der Waals surface area contributed by atoms with Gasteiger partial charge >= 0.3 is 17.9 Å². The molecule has 1 atom stereocenters. The van der Waals surface area contributed by atoms with Gasteiger partial charge in [0.25, 0.3) is 0 Å². The van der Waals surface area contributed by atoms with Gasteiger partial charge in [-0.05, 0) is 89.9 Å². The van der Waals surface area contributed by atoms with Crippen LogP contribution in [-0.4, -0.2) is 37.2 Å². The summed E-state index contributed by atoms with van der Waals surface area (Å²) in [5.41, 5.74) is 0. The van der Waals surface area contributed by atoms with E-state index in [0.29, 0.717) is 19.3 Å². The Morgan fingerprint density at radius 3 is 1.10 bits per heavy atom. The molecule has 0 rings (SSSR count). The van der Waals surface area contributed by atoms with E-state index in [1.165, 1.54) is 38.5 Å². The van der Waals surface area contributed by atoms with Crippen LogP contribution < -0.4 is 0 Å². The number of esters is 3. The molecule has 0 radical (unpaired) electrons. The highest BCUT2D eigenvalue weighted by Gasteiger charge is 2.19. The predicted octanol–water partition coefficient (Wildman–Crippen LogP) is 15.6. The number of unbranched alkanes of at least 4 members (excludes halogenated alkanes) is 17. The van der Waals surface area contributed by atoms with Crippen LogP contribution in [0.2, 0.25) is 0 Å². The Hall–Kier alpha value is -3.41. The van der Waals surface area contributed by atoms with Crippen molar-refractivity contribution in [3.63, 3.8) is 0 Å². The lowest BCUT2D eigenvalue weighted by Gasteiger charge is -2.18. The summed E-state index contributed by atoms with van der Waals surface area (Å²) < 4.78 is 16.6. The average Bonchev–Trinajstić information content (AvgIpc) is 3.23. The molecule has 1 unspecified atom stereocenters. The van der Waals surface area contributed by atoms with Crippen molar-refractivity contribution in [3.05, 3.63) is 85.1 Å². The van der Waals surface area contributed by atoms with Gasteiger partial charge < -0.3 is 14.2 Å². The van der Waals surface area contributed by atoms with Gasteiger partial charge in [0.1, 0.15) is 13.2 Å². The Kier molecular flexibility index (Phi) is 44.5. The molecule has 0 saturated heterocycles. The molecule has 0 aromatic carbocycles. The number of hydrogen-bond donors (Lipinski definition) is 0. The molecule has 336 valence electrons. The molecule has 0 aliphatic heterocycles. The summed E-state index contributed by atoms with van der Waals surface area (Å²) in [5.74, 6) is -0.933. The lowest BCUT2D eigenvalue weighted by Crippen LogP contribution is -2.30. The summed E-state index contributed by atoms with van der Waals surface area (Å²) in [6.45, 7) is 6.34. The Morgan fingerprint density at radius 1 is 0.356 bits per heavy atom. The zero-order valence-corrected chi connectivity index (χ0v) is 38.2. The summed E-state index contributed by atoms with van der Waals surface area (Å²) in [6, 6.07) is 0. The molecule has 0 aromatic heterocycles. The molecule has 0 spiro atoms. The van der Waals surface area contributed by atoms with Crippen molar-refractivity contribution < 1.29 is 28.6 Å². The molecule has 0 saturated carbocycles. The third kappa shape index (κ3) is 45.5. The SMILES string of the molecule is CC/C=C\C/C=C\C/C=C\C/C=C\C/C=C\CCCCCCCCCC(=O)OCC(COC(=O)CCCCCCC)OC(=O)CCCCCCC/C=C\C/C=C\CCC. The van der Waals surface area contributed by atoms with Gasteiger partial charge in [-0.3, -0.25) is 14.4 Å². The standard InChI is InChI=1S/C53H88O6/c1-4-7-10-13-15-17-19-21-22-23-24-25-26-27-28-29-30-32-33-35-37-40-43-46-52(55)58-49-50(48-57-51(54)45-42-39-12-9-6-3)59-53(56)47-44-41-38-36-34-31-20-18-16-14-11-8-5-2/h7,10-11,14-15,17-18,20-22,24-25,27-28,50H,4-6,8-9,12-13,16,19,23,26,29-49H2,1-3H3/b10-7-,14-11-,17-15-,20-18-,22-21-,25-24-,28-27-. The highest BCUT2D eigenvalue weighted by atomic mass is 16.6. The van der Waals surface area contributed by atoms with E-state index in [2.05, 4.69) is 106 Å². The van der Waals surface area contributed by atoms with Gasteiger partial charge in [0.2, 0.25) is 0 Å². The van der Waals surface area contributed by atoms with Crippen molar-refractivity contribution in [3.8, 4) is 0 Å². The lowest BCUT2D eigenvalue weighted by molar-refractivity contribution is -0.167. The van der Waals surface area contributed by atoms with Gasteiger partial charge in [0, 0.05) is 19.3 Å². The second kappa shape index (κ2) is 47.3. The van der Waals surface area contributed by atoms with Crippen molar-refractivity contribution >= 4 is 17.9 Å². The highest BCUT2D eigenvalue weighted by molar-refractivity contribution is 5.71. The molecule has 0 aliphatic rings. The molecule has 6 heteroatoms. The van der Waals surface area contributed by atoms with Crippen molar-refractivity contribution in [2.24, 2.45) is 0 Å². The molecule has 0 fully saturated rings. The van der Waals surface area contributed by atoms with Crippen LogP contribution in [0.1, 0.15) is 213 Å². The van der Waals surface area contributed by atoms with E-state index in [9.17, 15) is 14.4 Å². The molecule has 6 nitrogen and oxygen atoms in total. The summed E-state index contributed by atoms with van der Waals surface area (Å²) >= 11 is 0. The molecule has 0 amide bonds. The Morgan fingerprint density at radius 2 is 0.695 bits per heavy atom. The molecule has 0 aliphatic carbocycles. The first kappa shape index (κ1) is 55.6. The van der Waals surface area contributed by atoms with Crippen LogP contribution in [0.3, 0.4) is 0 Å². The Bertz CT molecular complexity index is 1170. The van der Waals surface area contributed by atoms with Crippen molar-refractivity contribution in [1.82, 2.24) is 0 Å². The largest absolute Gasteiger partial charge is 0.462 e. The first-order chi connectivity index (χ1) is 29.0. The van der Waals surface area contributed by atoms with E-state index in [4.69, 9.17) is 14.2 Å². The molecule has 0 N–H and O–H groups in total. The predicted molar refractivity (Wildman–Crippen MR) is 251 cm³/mol. The van der Waals surface area contributed by atoms with Crippen LogP contribution in [-0.2, 0) is 28.6 Å². The lowest BCUT2D eigenvalue weighted by atomic mass is 10.1. The van der Waals surface area contributed by atoms with E-state index < -0.39 is 6.10 Å². The van der Waals surface area contributed by atoms with Crippen LogP contribution in [0.15, 0.2) is 85.1 Å². The maximum absolute atomic E-state index is 12.7. The fourth-order valence-electron chi connectivity index (χ4n) is 6.27. The summed E-state index contributed by atoms with van der Waals surface area (Å²) in [5, 5.41) is 0.